The number of aryl methyl sites for hydroxylation is 1. The first-order valence-electron chi connectivity index (χ1n) is 9.44. The van der Waals surface area contributed by atoms with Crippen molar-refractivity contribution in [3.8, 4) is 11.5 Å². The molecule has 1 aliphatic heterocycles. The van der Waals surface area contributed by atoms with E-state index < -0.39 is 23.2 Å². The number of halogens is 2. The van der Waals surface area contributed by atoms with Gasteiger partial charge in [-0.2, -0.15) is 0 Å². The second-order valence-corrected chi connectivity index (χ2v) is 7.64. The summed E-state index contributed by atoms with van der Waals surface area (Å²) in [5, 5.41) is 21.1. The third-order valence-electron chi connectivity index (χ3n) is 5.00. The normalized spacial score (nSPS) is 18.5. The molecule has 3 aromatic rings. The fraction of sp³-hybridized carbons (Fsp3) is 0.238. The summed E-state index contributed by atoms with van der Waals surface area (Å²) in [6, 6.07) is 10.6. The Kier molecular flexibility index (Phi) is 5.47. The van der Waals surface area contributed by atoms with Gasteiger partial charge in [0.15, 0.2) is 0 Å². The van der Waals surface area contributed by atoms with E-state index in [0.29, 0.717) is 28.6 Å². The lowest BCUT2D eigenvalue weighted by atomic mass is 10.0. The van der Waals surface area contributed by atoms with E-state index in [1.807, 2.05) is 0 Å². The SMILES string of the molecule is Cc1nnc(-c2ccc(N3CCC(O)(C(=O)NCc4cc(F)cc(Cl)c4)C3=O)cc2)o1. The first-order valence-corrected chi connectivity index (χ1v) is 9.82. The number of hydrogen-bond acceptors (Lipinski definition) is 6. The molecule has 1 saturated heterocycles. The van der Waals surface area contributed by atoms with Gasteiger partial charge in [0.25, 0.3) is 11.8 Å². The van der Waals surface area contributed by atoms with Crippen LogP contribution in [0.15, 0.2) is 46.9 Å². The molecule has 4 rings (SSSR count). The number of aliphatic hydroxyl groups is 1. The number of nitrogens with one attached hydrogen (secondary N) is 1. The van der Waals surface area contributed by atoms with Crippen molar-refractivity contribution in [1.82, 2.24) is 15.5 Å². The molecule has 1 fully saturated rings. The van der Waals surface area contributed by atoms with Gasteiger partial charge in [0.05, 0.1) is 0 Å². The highest BCUT2D eigenvalue weighted by atomic mass is 35.5. The number of nitrogens with zero attached hydrogens (tertiary/aromatic N) is 3. The van der Waals surface area contributed by atoms with Gasteiger partial charge in [0.1, 0.15) is 5.82 Å². The third kappa shape index (κ3) is 4.14. The van der Waals surface area contributed by atoms with Gasteiger partial charge in [-0.25, -0.2) is 4.39 Å². The number of hydrogen-bond donors (Lipinski definition) is 2. The highest BCUT2D eigenvalue weighted by Crippen LogP contribution is 2.30. The van der Waals surface area contributed by atoms with Gasteiger partial charge in [-0.1, -0.05) is 11.6 Å². The summed E-state index contributed by atoms with van der Waals surface area (Å²) in [6.07, 6.45) is -0.0772. The van der Waals surface area contributed by atoms with Gasteiger partial charge in [-0.15, -0.1) is 10.2 Å². The Morgan fingerprint density at radius 2 is 2.03 bits per heavy atom. The lowest BCUT2D eigenvalue weighted by Gasteiger charge is -2.22. The number of carbonyl (C=O) groups is 2. The van der Waals surface area contributed by atoms with Crippen molar-refractivity contribution in [2.24, 2.45) is 0 Å². The smallest absolute Gasteiger partial charge is 0.268 e. The maximum absolute atomic E-state index is 13.4. The van der Waals surface area contributed by atoms with Crippen LogP contribution in [0.1, 0.15) is 17.9 Å². The molecule has 2 heterocycles. The van der Waals surface area contributed by atoms with Crippen LogP contribution in [0.3, 0.4) is 0 Å². The Labute approximate surface area is 181 Å². The van der Waals surface area contributed by atoms with Crippen molar-refractivity contribution in [2.75, 3.05) is 11.4 Å². The fourth-order valence-corrected chi connectivity index (χ4v) is 3.65. The Balaban J connectivity index is 1.45. The average Bonchev–Trinajstić information content (AvgIpc) is 3.30. The molecule has 0 spiro atoms. The van der Waals surface area contributed by atoms with E-state index in [1.165, 1.54) is 17.0 Å². The van der Waals surface area contributed by atoms with E-state index >= 15 is 0 Å². The number of aromatic nitrogens is 2. The predicted molar refractivity (Wildman–Crippen MR) is 110 cm³/mol. The summed E-state index contributed by atoms with van der Waals surface area (Å²) in [6.45, 7) is 1.76. The summed E-state index contributed by atoms with van der Waals surface area (Å²) in [5.41, 5.74) is -0.598. The van der Waals surface area contributed by atoms with Crippen LogP contribution in [0.5, 0.6) is 0 Å². The molecule has 1 unspecified atom stereocenters. The van der Waals surface area contributed by atoms with Crippen molar-refractivity contribution in [3.63, 3.8) is 0 Å². The van der Waals surface area contributed by atoms with Crippen molar-refractivity contribution >= 4 is 29.1 Å². The standard InChI is InChI=1S/C21H18ClFN4O4/c1-12-25-26-18(31-12)14-2-4-17(5-3-14)27-7-6-21(30,20(27)29)19(28)24-11-13-8-15(22)10-16(23)9-13/h2-5,8-10,30H,6-7,11H2,1H3,(H,24,28). The zero-order valence-electron chi connectivity index (χ0n) is 16.4. The molecule has 0 aliphatic carbocycles. The molecular weight excluding hydrogens is 427 g/mol. The number of rotatable bonds is 5. The average molecular weight is 445 g/mol. The molecule has 1 atom stereocenters. The van der Waals surface area contributed by atoms with E-state index in [-0.39, 0.29) is 24.5 Å². The Morgan fingerprint density at radius 1 is 1.29 bits per heavy atom. The molecule has 0 bridgehead atoms. The molecule has 0 saturated carbocycles. The summed E-state index contributed by atoms with van der Waals surface area (Å²) in [7, 11) is 0. The second-order valence-electron chi connectivity index (χ2n) is 7.20. The molecule has 10 heteroatoms. The number of benzene rings is 2. The van der Waals surface area contributed by atoms with Crippen LogP contribution in [-0.2, 0) is 16.1 Å². The largest absolute Gasteiger partial charge is 0.421 e. The van der Waals surface area contributed by atoms with Gasteiger partial charge >= 0.3 is 0 Å². The minimum atomic E-state index is -2.21. The number of carbonyl (C=O) groups excluding carboxylic acids is 2. The van der Waals surface area contributed by atoms with Gasteiger partial charge in [-0.3, -0.25) is 9.59 Å². The second kappa shape index (κ2) is 8.09. The van der Waals surface area contributed by atoms with Crippen LogP contribution >= 0.6 is 11.6 Å². The molecule has 2 N–H and O–H groups in total. The molecule has 160 valence electrons. The molecule has 2 amide bonds. The van der Waals surface area contributed by atoms with E-state index in [2.05, 4.69) is 15.5 Å². The van der Waals surface area contributed by atoms with Gasteiger partial charge in [0.2, 0.25) is 17.4 Å². The predicted octanol–water partition coefficient (Wildman–Crippen LogP) is 2.62. The topological polar surface area (TPSA) is 109 Å². The van der Waals surface area contributed by atoms with Crippen molar-refractivity contribution in [1.29, 1.82) is 0 Å². The third-order valence-corrected chi connectivity index (χ3v) is 5.22. The van der Waals surface area contributed by atoms with Crippen LogP contribution in [0.2, 0.25) is 5.02 Å². The van der Waals surface area contributed by atoms with Gasteiger partial charge in [0, 0.05) is 42.7 Å². The van der Waals surface area contributed by atoms with E-state index in [0.717, 1.165) is 6.07 Å². The molecular formula is C21H18ClFN4O4. The van der Waals surface area contributed by atoms with E-state index in [9.17, 15) is 19.1 Å². The Hall–Kier alpha value is -3.30. The number of amides is 2. The molecule has 0 radical (unpaired) electrons. The van der Waals surface area contributed by atoms with Crippen molar-refractivity contribution in [2.45, 2.75) is 25.5 Å². The van der Waals surface area contributed by atoms with Crippen LogP contribution in [0.25, 0.3) is 11.5 Å². The maximum Gasteiger partial charge on any atom is 0.268 e. The van der Waals surface area contributed by atoms with Crippen molar-refractivity contribution in [3.05, 3.63) is 64.8 Å². The molecule has 1 aliphatic rings. The summed E-state index contributed by atoms with van der Waals surface area (Å²) >= 11 is 5.81. The minimum absolute atomic E-state index is 0.0772. The van der Waals surface area contributed by atoms with Crippen LogP contribution in [-0.4, -0.2) is 39.3 Å². The summed E-state index contributed by atoms with van der Waals surface area (Å²) < 4.78 is 18.8. The first kappa shape index (κ1) is 21.0. The van der Waals surface area contributed by atoms with Crippen LogP contribution < -0.4 is 10.2 Å². The fourth-order valence-electron chi connectivity index (χ4n) is 3.40. The summed E-state index contributed by atoms with van der Waals surface area (Å²) in [5.74, 6) is -1.34. The zero-order valence-corrected chi connectivity index (χ0v) is 17.2. The van der Waals surface area contributed by atoms with Gasteiger partial charge < -0.3 is 19.7 Å². The van der Waals surface area contributed by atoms with E-state index in [1.54, 1.807) is 31.2 Å². The van der Waals surface area contributed by atoms with Crippen LogP contribution in [0, 0.1) is 12.7 Å². The zero-order chi connectivity index (χ0) is 22.2. The Bertz CT molecular complexity index is 1130. The van der Waals surface area contributed by atoms with Crippen LogP contribution in [0.4, 0.5) is 10.1 Å². The van der Waals surface area contributed by atoms with Crippen molar-refractivity contribution < 1.29 is 23.5 Å². The maximum atomic E-state index is 13.4. The monoisotopic (exact) mass is 444 g/mol. The first-order chi connectivity index (χ1) is 14.8. The summed E-state index contributed by atoms with van der Waals surface area (Å²) in [4.78, 5) is 26.8. The molecule has 31 heavy (non-hydrogen) atoms. The molecule has 2 aromatic carbocycles. The quantitative estimate of drug-likeness (QED) is 0.585. The number of anilines is 1. The Morgan fingerprint density at radius 3 is 2.68 bits per heavy atom. The highest BCUT2D eigenvalue weighted by Gasteiger charge is 2.51. The minimum Gasteiger partial charge on any atom is -0.421 e. The molecule has 8 nitrogen and oxygen atoms in total. The highest BCUT2D eigenvalue weighted by molar-refractivity contribution is 6.30. The lowest BCUT2D eigenvalue weighted by molar-refractivity contribution is -0.149. The van der Waals surface area contributed by atoms with E-state index in [4.69, 9.17) is 16.0 Å². The van der Waals surface area contributed by atoms with Gasteiger partial charge in [-0.05, 0) is 48.0 Å². The molecule has 1 aromatic heterocycles. The lowest BCUT2D eigenvalue weighted by Crippen LogP contribution is -2.52.